The van der Waals surface area contributed by atoms with E-state index in [9.17, 15) is 0 Å². The van der Waals surface area contributed by atoms with Gasteiger partial charge in [0.1, 0.15) is 17.1 Å². The molecule has 5 nitrogen and oxygen atoms in total. The molecule has 0 aliphatic heterocycles. The van der Waals surface area contributed by atoms with Crippen LogP contribution in [0.5, 0.6) is 5.75 Å². The molecule has 0 N–H and O–H groups in total. The normalized spacial score (nSPS) is 13.3. The van der Waals surface area contributed by atoms with Crippen LogP contribution in [0, 0.1) is 11.8 Å². The molecule has 0 aliphatic rings. The number of aromatic nitrogens is 3. The minimum Gasteiger partial charge on any atom is -0.548 e. The number of nitrogens with zero attached hydrogens (tertiary/aromatic N) is 3. The van der Waals surface area contributed by atoms with E-state index in [0.29, 0.717) is 0 Å². The fourth-order valence-corrected chi connectivity index (χ4v) is 5.48. The highest BCUT2D eigenvalue weighted by atomic mass is 28.2. The SMILES string of the molecule is CCCCCCOCCCCc1cnc(-c2ncccc2O[SiH2]CCCC(C)C(C)CCCC)cn1. The van der Waals surface area contributed by atoms with Gasteiger partial charge in [-0.2, -0.15) is 0 Å². The maximum atomic E-state index is 6.26. The Morgan fingerprint density at radius 3 is 2.28 bits per heavy atom. The molecule has 0 saturated carbocycles. The molecule has 2 atom stereocenters. The van der Waals surface area contributed by atoms with Crippen LogP contribution in [0.4, 0.5) is 0 Å². The van der Waals surface area contributed by atoms with E-state index in [1.807, 2.05) is 24.5 Å². The Hall–Kier alpha value is -1.79. The predicted octanol–water partition coefficient (Wildman–Crippen LogP) is 7.58. The number of aryl methyl sites for hydroxylation is 1. The van der Waals surface area contributed by atoms with Crippen LogP contribution in [-0.2, 0) is 11.2 Å². The summed E-state index contributed by atoms with van der Waals surface area (Å²) in [7, 11) is -0.630. The van der Waals surface area contributed by atoms with E-state index in [1.54, 1.807) is 6.20 Å². The van der Waals surface area contributed by atoms with Gasteiger partial charge in [0, 0.05) is 25.6 Å². The molecule has 2 rings (SSSR count). The van der Waals surface area contributed by atoms with E-state index in [4.69, 9.17) is 9.16 Å². The Morgan fingerprint density at radius 1 is 0.806 bits per heavy atom. The van der Waals surface area contributed by atoms with Crippen molar-refractivity contribution in [3.63, 3.8) is 0 Å². The second kappa shape index (κ2) is 19.3. The van der Waals surface area contributed by atoms with Crippen molar-refractivity contribution in [2.45, 2.75) is 111 Å². The molecule has 6 heteroatoms. The number of unbranched alkanes of at least 4 members (excludes halogenated alkanes) is 5. The molecule has 0 fully saturated rings. The van der Waals surface area contributed by atoms with Gasteiger partial charge >= 0.3 is 0 Å². The van der Waals surface area contributed by atoms with Crippen molar-refractivity contribution in [1.29, 1.82) is 0 Å². The summed E-state index contributed by atoms with van der Waals surface area (Å²) >= 11 is 0. The standard InChI is InChI=1S/C30H51N3O2Si/c1-5-7-9-11-20-34-21-12-10-17-27-23-33-28(24-32-27)30-29(18-13-19-31-30)35-36-22-14-16-26(4)25(3)15-8-6-2/h13,18-19,23-26H,5-12,14-17,20-22,36H2,1-4H3. The van der Waals surface area contributed by atoms with Crippen molar-refractivity contribution in [2.24, 2.45) is 11.8 Å². The van der Waals surface area contributed by atoms with Gasteiger partial charge in [-0.05, 0) is 55.7 Å². The minimum absolute atomic E-state index is 0.630. The number of rotatable bonds is 21. The van der Waals surface area contributed by atoms with Crippen LogP contribution in [0.15, 0.2) is 30.7 Å². The third kappa shape index (κ3) is 12.4. The lowest BCUT2D eigenvalue weighted by molar-refractivity contribution is 0.126. The smallest absolute Gasteiger partial charge is 0.219 e. The predicted molar refractivity (Wildman–Crippen MR) is 154 cm³/mol. The molecule has 0 aliphatic carbocycles. The van der Waals surface area contributed by atoms with Gasteiger partial charge in [0.15, 0.2) is 0 Å². The van der Waals surface area contributed by atoms with E-state index < -0.39 is 9.76 Å². The third-order valence-corrected chi connectivity index (χ3v) is 8.43. The van der Waals surface area contributed by atoms with Gasteiger partial charge < -0.3 is 9.16 Å². The van der Waals surface area contributed by atoms with Crippen molar-refractivity contribution in [3.8, 4) is 17.1 Å². The van der Waals surface area contributed by atoms with E-state index in [2.05, 4.69) is 42.6 Å². The summed E-state index contributed by atoms with van der Waals surface area (Å²) < 4.78 is 12.0. The monoisotopic (exact) mass is 513 g/mol. The molecule has 0 radical (unpaired) electrons. The molecule has 0 bridgehead atoms. The Kier molecular flexibility index (Phi) is 16.3. The van der Waals surface area contributed by atoms with Gasteiger partial charge in [-0.1, -0.05) is 79.1 Å². The highest BCUT2D eigenvalue weighted by Crippen LogP contribution is 2.26. The minimum atomic E-state index is -0.630. The average molecular weight is 514 g/mol. The van der Waals surface area contributed by atoms with Crippen LogP contribution >= 0.6 is 0 Å². The largest absolute Gasteiger partial charge is 0.548 e. The van der Waals surface area contributed by atoms with Gasteiger partial charge in [0.2, 0.25) is 9.76 Å². The van der Waals surface area contributed by atoms with Crippen LogP contribution in [0.3, 0.4) is 0 Å². The first-order chi connectivity index (χ1) is 17.7. The Bertz CT molecular complexity index is 803. The summed E-state index contributed by atoms with van der Waals surface area (Å²) in [6.07, 6.45) is 20.2. The number of ether oxygens (including phenoxy) is 1. The maximum absolute atomic E-state index is 6.26. The Labute approximate surface area is 223 Å². The first-order valence-electron chi connectivity index (χ1n) is 14.6. The fraction of sp³-hybridized carbons (Fsp3) is 0.700. The molecule has 0 aromatic carbocycles. The molecular weight excluding hydrogens is 462 g/mol. The molecule has 0 saturated heterocycles. The number of hydrogen-bond donors (Lipinski definition) is 0. The highest BCUT2D eigenvalue weighted by molar-refractivity contribution is 6.28. The molecule has 0 spiro atoms. The second-order valence-corrected chi connectivity index (χ2v) is 11.7. The zero-order valence-corrected chi connectivity index (χ0v) is 24.9. The van der Waals surface area contributed by atoms with Crippen molar-refractivity contribution < 1.29 is 9.16 Å². The molecule has 2 heterocycles. The first kappa shape index (κ1) is 30.4. The molecule has 2 aromatic rings. The summed E-state index contributed by atoms with van der Waals surface area (Å²) in [4.78, 5) is 13.9. The van der Waals surface area contributed by atoms with Gasteiger partial charge in [0.25, 0.3) is 0 Å². The summed E-state index contributed by atoms with van der Waals surface area (Å²) in [5.74, 6) is 2.48. The van der Waals surface area contributed by atoms with Crippen molar-refractivity contribution >= 4 is 9.76 Å². The second-order valence-electron chi connectivity index (χ2n) is 10.3. The molecule has 202 valence electrons. The van der Waals surface area contributed by atoms with E-state index >= 15 is 0 Å². The Balaban J connectivity index is 1.70. The lowest BCUT2D eigenvalue weighted by Gasteiger charge is -2.19. The molecule has 36 heavy (non-hydrogen) atoms. The summed E-state index contributed by atoms with van der Waals surface area (Å²) in [5, 5.41) is 0. The Morgan fingerprint density at radius 2 is 1.56 bits per heavy atom. The van der Waals surface area contributed by atoms with E-state index in [1.165, 1.54) is 63.8 Å². The summed E-state index contributed by atoms with van der Waals surface area (Å²) in [6.45, 7) is 11.1. The average Bonchev–Trinajstić information content (AvgIpc) is 2.91. The van der Waals surface area contributed by atoms with Crippen molar-refractivity contribution in [3.05, 3.63) is 36.4 Å². The topological polar surface area (TPSA) is 57.1 Å². The zero-order chi connectivity index (χ0) is 25.8. The molecule has 2 unspecified atom stereocenters. The van der Waals surface area contributed by atoms with Crippen LogP contribution in [-0.4, -0.2) is 37.9 Å². The zero-order valence-electron chi connectivity index (χ0n) is 23.5. The van der Waals surface area contributed by atoms with Crippen LogP contribution in [0.2, 0.25) is 6.04 Å². The van der Waals surface area contributed by atoms with E-state index in [-0.39, 0.29) is 0 Å². The first-order valence-corrected chi connectivity index (χ1v) is 16.2. The maximum Gasteiger partial charge on any atom is 0.219 e. The third-order valence-electron chi connectivity index (χ3n) is 7.13. The quantitative estimate of drug-likeness (QED) is 0.127. The fourth-order valence-electron chi connectivity index (χ4n) is 4.39. The van der Waals surface area contributed by atoms with Gasteiger partial charge in [0.05, 0.1) is 11.9 Å². The number of hydrogen-bond acceptors (Lipinski definition) is 5. The molecule has 0 amide bonds. The van der Waals surface area contributed by atoms with E-state index in [0.717, 1.165) is 67.1 Å². The molecular formula is C30H51N3O2Si. The van der Waals surface area contributed by atoms with Gasteiger partial charge in [-0.25, -0.2) is 0 Å². The number of pyridine rings is 1. The lowest BCUT2D eigenvalue weighted by atomic mass is 9.88. The summed E-state index contributed by atoms with van der Waals surface area (Å²) in [6, 6.07) is 5.16. The van der Waals surface area contributed by atoms with Gasteiger partial charge in [-0.3, -0.25) is 15.0 Å². The van der Waals surface area contributed by atoms with Gasteiger partial charge in [-0.15, -0.1) is 0 Å². The van der Waals surface area contributed by atoms with Crippen LogP contribution in [0.25, 0.3) is 11.4 Å². The highest BCUT2D eigenvalue weighted by Gasteiger charge is 2.12. The molecule has 2 aromatic heterocycles. The van der Waals surface area contributed by atoms with Crippen LogP contribution < -0.4 is 4.43 Å². The van der Waals surface area contributed by atoms with Crippen molar-refractivity contribution in [2.75, 3.05) is 13.2 Å². The lowest BCUT2D eigenvalue weighted by Crippen LogP contribution is -2.09. The van der Waals surface area contributed by atoms with Crippen LogP contribution in [0.1, 0.15) is 104 Å². The van der Waals surface area contributed by atoms with Crippen molar-refractivity contribution in [1.82, 2.24) is 15.0 Å². The summed E-state index contributed by atoms with van der Waals surface area (Å²) in [5.41, 5.74) is 2.62.